The van der Waals surface area contributed by atoms with E-state index in [4.69, 9.17) is 10.5 Å². The van der Waals surface area contributed by atoms with Crippen molar-refractivity contribution < 1.29 is 4.74 Å². The highest BCUT2D eigenvalue weighted by atomic mass is 16.5. The summed E-state index contributed by atoms with van der Waals surface area (Å²) in [5, 5.41) is 4.34. The fraction of sp³-hybridized carbons (Fsp3) is 0.625. The van der Waals surface area contributed by atoms with E-state index in [0.717, 1.165) is 30.3 Å². The van der Waals surface area contributed by atoms with Crippen molar-refractivity contribution in [1.29, 1.82) is 0 Å². The van der Waals surface area contributed by atoms with Crippen LogP contribution in [0, 0.1) is 13.8 Å². The molecule has 1 fully saturated rings. The van der Waals surface area contributed by atoms with E-state index >= 15 is 0 Å². The second kappa shape index (κ2) is 2.48. The molecule has 0 bridgehead atoms. The maximum atomic E-state index is 5.80. The van der Waals surface area contributed by atoms with Gasteiger partial charge < -0.3 is 10.5 Å². The van der Waals surface area contributed by atoms with Gasteiger partial charge in [0.15, 0.2) is 0 Å². The first-order chi connectivity index (χ1) is 5.70. The highest BCUT2D eigenvalue weighted by Crippen LogP contribution is 2.23. The Morgan fingerprint density at radius 3 is 2.50 bits per heavy atom. The quantitative estimate of drug-likeness (QED) is 0.668. The lowest BCUT2D eigenvalue weighted by molar-refractivity contribution is -0.0295. The van der Waals surface area contributed by atoms with Crippen molar-refractivity contribution in [3.8, 4) is 0 Å². The van der Waals surface area contributed by atoms with Crippen molar-refractivity contribution in [3.63, 3.8) is 0 Å². The van der Waals surface area contributed by atoms with Gasteiger partial charge in [0, 0.05) is 0 Å². The van der Waals surface area contributed by atoms with E-state index in [0.29, 0.717) is 6.04 Å². The van der Waals surface area contributed by atoms with E-state index in [2.05, 4.69) is 5.10 Å². The average molecular weight is 167 g/mol. The molecule has 2 N–H and O–H groups in total. The van der Waals surface area contributed by atoms with Crippen molar-refractivity contribution in [2.24, 2.45) is 0 Å². The van der Waals surface area contributed by atoms with Gasteiger partial charge in [-0.15, -0.1) is 0 Å². The van der Waals surface area contributed by atoms with Gasteiger partial charge in [0.25, 0.3) is 0 Å². The summed E-state index contributed by atoms with van der Waals surface area (Å²) in [6.07, 6.45) is 0. The van der Waals surface area contributed by atoms with Crippen LogP contribution in [0.3, 0.4) is 0 Å². The predicted octanol–water partition coefficient (Wildman–Crippen LogP) is 0.653. The lowest BCUT2D eigenvalue weighted by Crippen LogP contribution is -2.32. The molecule has 4 nitrogen and oxygen atoms in total. The minimum absolute atomic E-state index is 0.404. The number of anilines is 1. The molecular weight excluding hydrogens is 154 g/mol. The Labute approximate surface area is 71.3 Å². The molecule has 0 amide bonds. The van der Waals surface area contributed by atoms with E-state index in [1.165, 1.54) is 0 Å². The third-order valence-corrected chi connectivity index (χ3v) is 2.35. The molecule has 1 aromatic heterocycles. The Kier molecular flexibility index (Phi) is 1.58. The fourth-order valence-corrected chi connectivity index (χ4v) is 1.40. The van der Waals surface area contributed by atoms with Crippen molar-refractivity contribution >= 4 is 5.69 Å². The molecule has 2 rings (SSSR count). The van der Waals surface area contributed by atoms with Crippen molar-refractivity contribution in [2.45, 2.75) is 19.9 Å². The Bertz CT molecular complexity index is 301. The minimum atomic E-state index is 0.404. The summed E-state index contributed by atoms with van der Waals surface area (Å²) >= 11 is 0. The number of ether oxygens (including phenoxy) is 1. The van der Waals surface area contributed by atoms with Gasteiger partial charge in [0.1, 0.15) is 0 Å². The zero-order valence-electron chi connectivity index (χ0n) is 7.37. The van der Waals surface area contributed by atoms with Gasteiger partial charge in [-0.25, -0.2) is 0 Å². The molecule has 4 heteroatoms. The zero-order valence-corrected chi connectivity index (χ0v) is 7.37. The molecule has 1 saturated heterocycles. The first-order valence-electron chi connectivity index (χ1n) is 4.09. The number of nitrogens with two attached hydrogens (primary N) is 1. The van der Waals surface area contributed by atoms with Crippen LogP contribution in [0.1, 0.15) is 17.4 Å². The van der Waals surface area contributed by atoms with Crippen molar-refractivity contribution in [2.75, 3.05) is 18.9 Å². The second-order valence-electron chi connectivity index (χ2n) is 3.22. The van der Waals surface area contributed by atoms with Gasteiger partial charge in [0.05, 0.1) is 36.3 Å². The Morgan fingerprint density at radius 1 is 1.50 bits per heavy atom. The molecule has 0 unspecified atom stereocenters. The third-order valence-electron chi connectivity index (χ3n) is 2.35. The molecule has 0 saturated carbocycles. The van der Waals surface area contributed by atoms with Crippen LogP contribution in [0.25, 0.3) is 0 Å². The Morgan fingerprint density at radius 2 is 2.17 bits per heavy atom. The molecule has 66 valence electrons. The molecule has 0 atom stereocenters. The zero-order chi connectivity index (χ0) is 8.72. The number of hydrogen-bond donors (Lipinski definition) is 1. The van der Waals surface area contributed by atoms with E-state index in [-0.39, 0.29) is 0 Å². The number of nitrogen functional groups attached to an aromatic ring is 1. The summed E-state index contributed by atoms with van der Waals surface area (Å²) in [5.74, 6) is 0. The summed E-state index contributed by atoms with van der Waals surface area (Å²) in [4.78, 5) is 0. The van der Waals surface area contributed by atoms with E-state index in [9.17, 15) is 0 Å². The van der Waals surface area contributed by atoms with E-state index in [1.807, 2.05) is 18.5 Å². The molecule has 12 heavy (non-hydrogen) atoms. The monoisotopic (exact) mass is 167 g/mol. The molecular formula is C8H13N3O. The first-order valence-corrected chi connectivity index (χ1v) is 4.09. The number of aromatic nitrogens is 2. The van der Waals surface area contributed by atoms with E-state index in [1.54, 1.807) is 0 Å². The standard InChI is InChI=1S/C8H13N3O/c1-5-8(9)6(2)11(10-5)7-3-12-4-7/h7H,3-4,9H2,1-2H3. The van der Waals surface area contributed by atoms with Crippen LogP contribution in [-0.2, 0) is 4.74 Å². The molecule has 0 radical (unpaired) electrons. The van der Waals surface area contributed by atoms with Crippen LogP contribution in [-0.4, -0.2) is 23.0 Å². The lowest BCUT2D eigenvalue weighted by atomic mass is 10.2. The van der Waals surface area contributed by atoms with Crippen LogP contribution >= 0.6 is 0 Å². The summed E-state index contributed by atoms with van der Waals surface area (Å²) in [7, 11) is 0. The fourth-order valence-electron chi connectivity index (χ4n) is 1.40. The number of hydrogen-bond acceptors (Lipinski definition) is 3. The van der Waals surface area contributed by atoms with Crippen LogP contribution in [0.2, 0.25) is 0 Å². The smallest absolute Gasteiger partial charge is 0.0989 e. The molecule has 0 aliphatic carbocycles. The molecule has 1 aromatic rings. The molecule has 1 aliphatic rings. The highest BCUT2D eigenvalue weighted by molar-refractivity contribution is 5.47. The molecule has 0 spiro atoms. The van der Waals surface area contributed by atoms with Crippen molar-refractivity contribution in [3.05, 3.63) is 11.4 Å². The van der Waals surface area contributed by atoms with E-state index < -0.39 is 0 Å². The average Bonchev–Trinajstić information content (AvgIpc) is 2.15. The summed E-state index contributed by atoms with van der Waals surface area (Å²) < 4.78 is 7.06. The highest BCUT2D eigenvalue weighted by Gasteiger charge is 2.24. The van der Waals surface area contributed by atoms with Crippen LogP contribution in [0.15, 0.2) is 0 Å². The summed E-state index contributed by atoms with van der Waals surface area (Å²) in [6.45, 7) is 5.45. The van der Waals surface area contributed by atoms with Crippen molar-refractivity contribution in [1.82, 2.24) is 9.78 Å². The third kappa shape index (κ3) is 0.914. The van der Waals surface area contributed by atoms with Gasteiger partial charge in [0.2, 0.25) is 0 Å². The number of aryl methyl sites for hydroxylation is 1. The van der Waals surface area contributed by atoms with Gasteiger partial charge in [-0.1, -0.05) is 0 Å². The van der Waals surface area contributed by atoms with Crippen LogP contribution in [0.5, 0.6) is 0 Å². The second-order valence-corrected chi connectivity index (χ2v) is 3.22. The first kappa shape index (κ1) is 7.61. The maximum Gasteiger partial charge on any atom is 0.0989 e. The largest absolute Gasteiger partial charge is 0.396 e. The summed E-state index contributed by atoms with van der Waals surface area (Å²) in [6, 6.07) is 0.404. The van der Waals surface area contributed by atoms with Crippen LogP contribution < -0.4 is 5.73 Å². The topological polar surface area (TPSA) is 53.1 Å². The summed E-state index contributed by atoms with van der Waals surface area (Å²) in [5.41, 5.74) is 8.57. The maximum absolute atomic E-state index is 5.80. The van der Waals surface area contributed by atoms with Gasteiger partial charge in [-0.2, -0.15) is 5.10 Å². The molecule has 1 aliphatic heterocycles. The number of nitrogens with zero attached hydrogens (tertiary/aromatic N) is 2. The predicted molar refractivity (Wildman–Crippen MR) is 46.0 cm³/mol. The van der Waals surface area contributed by atoms with Crippen LogP contribution in [0.4, 0.5) is 5.69 Å². The van der Waals surface area contributed by atoms with Gasteiger partial charge in [-0.3, -0.25) is 4.68 Å². The normalized spacial score (nSPS) is 17.8. The van der Waals surface area contributed by atoms with Gasteiger partial charge >= 0.3 is 0 Å². The Balaban J connectivity index is 2.36. The number of rotatable bonds is 1. The minimum Gasteiger partial charge on any atom is -0.396 e. The lowest BCUT2D eigenvalue weighted by Gasteiger charge is -2.27. The SMILES string of the molecule is Cc1nn(C2COC2)c(C)c1N. The van der Waals surface area contributed by atoms with Gasteiger partial charge in [-0.05, 0) is 13.8 Å². The molecule has 0 aromatic carbocycles. The Hall–Kier alpha value is -1.03. The molecule has 2 heterocycles.